The minimum Gasteiger partial charge on any atom is -0.456 e. The second kappa shape index (κ2) is 6.60. The van der Waals surface area contributed by atoms with E-state index in [-0.39, 0.29) is 0 Å². The van der Waals surface area contributed by atoms with Gasteiger partial charge in [-0.15, -0.1) is 0 Å². The van der Waals surface area contributed by atoms with Gasteiger partial charge in [0.25, 0.3) is 0 Å². The van der Waals surface area contributed by atoms with Crippen LogP contribution < -0.4 is 10.1 Å². The number of nitrogens with one attached hydrogen (secondary N) is 1. The predicted octanol–water partition coefficient (Wildman–Crippen LogP) is 4.55. The van der Waals surface area contributed by atoms with Crippen molar-refractivity contribution in [3.8, 4) is 11.5 Å². The van der Waals surface area contributed by atoms with Gasteiger partial charge in [0.1, 0.15) is 11.5 Å². The molecule has 0 aliphatic rings. The second-order valence-corrected chi connectivity index (χ2v) is 4.87. The molecule has 0 bridgehead atoms. The summed E-state index contributed by atoms with van der Waals surface area (Å²) in [5.74, 6) is 1.49. The van der Waals surface area contributed by atoms with Gasteiger partial charge in [-0.3, -0.25) is 0 Å². The summed E-state index contributed by atoms with van der Waals surface area (Å²) in [6, 6.07) is 13.8. The Labute approximate surface area is 119 Å². The molecule has 0 amide bonds. The van der Waals surface area contributed by atoms with Gasteiger partial charge in [-0.2, -0.15) is 0 Å². The highest BCUT2D eigenvalue weighted by Crippen LogP contribution is 2.30. The van der Waals surface area contributed by atoms with E-state index < -0.39 is 0 Å². The third-order valence-corrected chi connectivity index (χ3v) is 3.13. The zero-order valence-corrected chi connectivity index (χ0v) is 12.0. The summed E-state index contributed by atoms with van der Waals surface area (Å²) in [5.41, 5.74) is 2.37. The lowest BCUT2D eigenvalue weighted by atomic mass is 10.2. The number of halogens is 1. The molecule has 0 aliphatic carbocycles. The van der Waals surface area contributed by atoms with Crippen LogP contribution in [0.15, 0.2) is 42.5 Å². The molecule has 0 saturated carbocycles. The van der Waals surface area contributed by atoms with Gasteiger partial charge in [0.2, 0.25) is 0 Å². The molecule has 100 valence electrons. The Balaban J connectivity index is 2.08. The van der Waals surface area contributed by atoms with E-state index in [4.69, 9.17) is 16.3 Å². The summed E-state index contributed by atoms with van der Waals surface area (Å²) in [7, 11) is 0. The van der Waals surface area contributed by atoms with Gasteiger partial charge in [-0.05, 0) is 48.9 Å². The molecule has 0 spiro atoms. The van der Waals surface area contributed by atoms with Crippen LogP contribution in [0.3, 0.4) is 0 Å². The van der Waals surface area contributed by atoms with E-state index >= 15 is 0 Å². The van der Waals surface area contributed by atoms with Gasteiger partial charge >= 0.3 is 0 Å². The summed E-state index contributed by atoms with van der Waals surface area (Å²) in [5, 5.41) is 3.92. The van der Waals surface area contributed by atoms with E-state index in [2.05, 4.69) is 24.4 Å². The van der Waals surface area contributed by atoms with Crippen molar-refractivity contribution in [1.29, 1.82) is 0 Å². The van der Waals surface area contributed by atoms with Gasteiger partial charge in [0.05, 0.1) is 5.02 Å². The Morgan fingerprint density at radius 2 is 1.84 bits per heavy atom. The van der Waals surface area contributed by atoms with Crippen molar-refractivity contribution in [2.75, 3.05) is 6.54 Å². The van der Waals surface area contributed by atoms with Crippen LogP contribution >= 0.6 is 11.6 Å². The molecule has 0 heterocycles. The first kappa shape index (κ1) is 13.9. The zero-order chi connectivity index (χ0) is 13.7. The Morgan fingerprint density at radius 1 is 1.11 bits per heavy atom. The monoisotopic (exact) mass is 275 g/mol. The van der Waals surface area contributed by atoms with Crippen molar-refractivity contribution in [1.82, 2.24) is 5.32 Å². The topological polar surface area (TPSA) is 21.3 Å². The van der Waals surface area contributed by atoms with Gasteiger partial charge in [0.15, 0.2) is 0 Å². The maximum absolute atomic E-state index is 6.11. The number of rotatable bonds is 5. The normalized spacial score (nSPS) is 10.5. The maximum atomic E-state index is 6.11. The van der Waals surface area contributed by atoms with E-state index in [0.717, 1.165) is 24.4 Å². The fourth-order valence-electron chi connectivity index (χ4n) is 1.76. The van der Waals surface area contributed by atoms with Crippen LogP contribution in [0.2, 0.25) is 5.02 Å². The molecule has 3 heteroatoms. The van der Waals surface area contributed by atoms with Crippen molar-refractivity contribution in [2.45, 2.75) is 20.4 Å². The molecule has 0 aliphatic heterocycles. The van der Waals surface area contributed by atoms with Crippen LogP contribution in [-0.4, -0.2) is 6.54 Å². The lowest BCUT2D eigenvalue weighted by molar-refractivity contribution is 0.482. The van der Waals surface area contributed by atoms with Gasteiger partial charge in [-0.25, -0.2) is 0 Å². The summed E-state index contributed by atoms with van der Waals surface area (Å²) in [6.45, 7) is 5.96. The third kappa shape index (κ3) is 3.98. The smallest absolute Gasteiger partial charge is 0.146 e. The maximum Gasteiger partial charge on any atom is 0.146 e. The minimum absolute atomic E-state index is 0.627. The van der Waals surface area contributed by atoms with Crippen molar-refractivity contribution in [3.63, 3.8) is 0 Å². The number of hydrogen-bond donors (Lipinski definition) is 1. The third-order valence-electron chi connectivity index (χ3n) is 2.82. The summed E-state index contributed by atoms with van der Waals surface area (Å²) in [4.78, 5) is 0. The molecule has 19 heavy (non-hydrogen) atoms. The molecule has 2 aromatic rings. The number of benzene rings is 2. The largest absolute Gasteiger partial charge is 0.456 e. The number of hydrogen-bond acceptors (Lipinski definition) is 2. The van der Waals surface area contributed by atoms with Crippen molar-refractivity contribution in [3.05, 3.63) is 58.6 Å². The van der Waals surface area contributed by atoms with Crippen LogP contribution in [0.1, 0.15) is 18.1 Å². The molecule has 0 unspecified atom stereocenters. The van der Waals surface area contributed by atoms with Crippen molar-refractivity contribution >= 4 is 11.6 Å². The fraction of sp³-hybridized carbons (Fsp3) is 0.250. The van der Waals surface area contributed by atoms with Crippen LogP contribution in [0, 0.1) is 6.92 Å². The fourth-order valence-corrected chi connectivity index (χ4v) is 1.92. The van der Waals surface area contributed by atoms with Crippen LogP contribution in [0.25, 0.3) is 0 Å². The highest BCUT2D eigenvalue weighted by atomic mass is 35.5. The number of ether oxygens (including phenoxy) is 1. The second-order valence-electron chi connectivity index (χ2n) is 4.46. The standard InChI is InChI=1S/C16H18ClNO/c1-3-18-11-13-5-7-14(8-6-13)19-16-10-12(2)4-9-15(16)17/h4-10,18H,3,11H2,1-2H3. The highest BCUT2D eigenvalue weighted by molar-refractivity contribution is 6.32. The van der Waals surface area contributed by atoms with Crippen molar-refractivity contribution < 1.29 is 4.74 Å². The molecule has 0 saturated heterocycles. The van der Waals surface area contributed by atoms with Crippen LogP contribution in [0.5, 0.6) is 11.5 Å². The summed E-state index contributed by atoms with van der Waals surface area (Å²) < 4.78 is 5.80. The first-order valence-electron chi connectivity index (χ1n) is 6.42. The minimum atomic E-state index is 0.627. The van der Waals surface area contributed by atoms with Crippen LogP contribution in [0.4, 0.5) is 0 Å². The average Bonchev–Trinajstić information content (AvgIpc) is 2.42. The molecule has 0 aromatic heterocycles. The first-order chi connectivity index (χ1) is 9.19. The molecular formula is C16H18ClNO. The SMILES string of the molecule is CCNCc1ccc(Oc2cc(C)ccc2Cl)cc1. The Bertz CT molecular complexity index is 537. The predicted molar refractivity (Wildman–Crippen MR) is 80.1 cm³/mol. The quantitative estimate of drug-likeness (QED) is 0.864. The van der Waals surface area contributed by atoms with Gasteiger partial charge in [0, 0.05) is 6.54 Å². The van der Waals surface area contributed by atoms with E-state index in [1.165, 1.54) is 5.56 Å². The van der Waals surface area contributed by atoms with Gasteiger partial charge < -0.3 is 10.1 Å². The van der Waals surface area contributed by atoms with E-state index in [1.807, 2.05) is 37.3 Å². The summed E-state index contributed by atoms with van der Waals surface area (Å²) >= 11 is 6.11. The Kier molecular flexibility index (Phi) is 4.83. The lowest BCUT2D eigenvalue weighted by Crippen LogP contribution is -2.11. The van der Waals surface area contributed by atoms with Crippen LogP contribution in [-0.2, 0) is 6.54 Å². The molecule has 2 nitrogen and oxygen atoms in total. The molecule has 2 aromatic carbocycles. The molecule has 2 rings (SSSR count). The molecule has 0 radical (unpaired) electrons. The van der Waals surface area contributed by atoms with E-state index in [9.17, 15) is 0 Å². The summed E-state index contributed by atoms with van der Waals surface area (Å²) in [6.07, 6.45) is 0. The highest BCUT2D eigenvalue weighted by Gasteiger charge is 2.03. The molecule has 0 atom stereocenters. The first-order valence-corrected chi connectivity index (χ1v) is 6.80. The molecule has 0 fully saturated rings. The van der Waals surface area contributed by atoms with E-state index in [1.54, 1.807) is 0 Å². The lowest BCUT2D eigenvalue weighted by Gasteiger charge is -2.09. The Morgan fingerprint density at radius 3 is 2.53 bits per heavy atom. The average molecular weight is 276 g/mol. The molecular weight excluding hydrogens is 258 g/mol. The zero-order valence-electron chi connectivity index (χ0n) is 11.2. The van der Waals surface area contributed by atoms with Crippen molar-refractivity contribution in [2.24, 2.45) is 0 Å². The number of aryl methyl sites for hydroxylation is 1. The van der Waals surface area contributed by atoms with Gasteiger partial charge in [-0.1, -0.05) is 36.7 Å². The Hall–Kier alpha value is -1.51. The molecule has 1 N–H and O–H groups in total. The van der Waals surface area contributed by atoms with E-state index in [0.29, 0.717) is 10.8 Å².